The van der Waals surface area contributed by atoms with Crippen molar-refractivity contribution in [2.45, 2.75) is 38.5 Å². The van der Waals surface area contributed by atoms with E-state index in [9.17, 15) is 0 Å². The molecular formula is C109H74N6. The lowest BCUT2D eigenvalue weighted by molar-refractivity contribution is 0.661. The van der Waals surface area contributed by atoms with Gasteiger partial charge in [0.15, 0.2) is 0 Å². The van der Waals surface area contributed by atoms with Crippen LogP contribution in [0.3, 0.4) is 0 Å². The topological polar surface area (TPSA) is 51.9 Å². The van der Waals surface area contributed by atoms with Crippen molar-refractivity contribution in [2.75, 3.05) is 0 Å². The molecule has 115 heavy (non-hydrogen) atoms. The highest BCUT2D eigenvalue weighted by Gasteiger charge is 2.38. The van der Waals surface area contributed by atoms with Crippen molar-refractivity contribution < 1.29 is 0 Å². The number of aromatic nitrogens is 6. The fourth-order valence-electron chi connectivity index (χ4n) is 19.4. The fraction of sp³-hybridized carbons (Fsp3) is 0.0550. The summed E-state index contributed by atoms with van der Waals surface area (Å²) in [5.74, 6) is 0. The van der Waals surface area contributed by atoms with Gasteiger partial charge in [-0.1, -0.05) is 307 Å². The molecule has 2 aliphatic rings. The Morgan fingerprint density at radius 3 is 1.11 bits per heavy atom. The van der Waals surface area contributed by atoms with Crippen molar-refractivity contribution in [1.82, 2.24) is 28.2 Å². The maximum absolute atomic E-state index is 5.16. The number of hydrogen-bond acceptors (Lipinski definition) is 3. The van der Waals surface area contributed by atoms with Gasteiger partial charge in [-0.3, -0.25) is 0 Å². The third-order valence-corrected chi connectivity index (χ3v) is 25.2. The van der Waals surface area contributed by atoms with Crippen LogP contribution in [0.1, 0.15) is 49.9 Å². The van der Waals surface area contributed by atoms with Gasteiger partial charge >= 0.3 is 0 Å². The summed E-state index contributed by atoms with van der Waals surface area (Å²) in [6.07, 6.45) is 12.7. The van der Waals surface area contributed by atoms with E-state index in [1.54, 1.807) is 0 Å². The van der Waals surface area contributed by atoms with E-state index in [4.69, 9.17) is 15.0 Å². The molecule has 2 aliphatic carbocycles. The molecule has 6 heterocycles. The molecular weight excluding hydrogens is 1390 g/mol. The van der Waals surface area contributed by atoms with Gasteiger partial charge in [0, 0.05) is 75.5 Å². The number of imidazole rings is 3. The second-order valence-corrected chi connectivity index (χ2v) is 32.3. The van der Waals surface area contributed by atoms with Crippen LogP contribution >= 0.6 is 0 Å². The van der Waals surface area contributed by atoms with Crippen LogP contribution in [-0.2, 0) is 10.8 Å². The van der Waals surface area contributed by atoms with Crippen LogP contribution in [0, 0.1) is 0 Å². The number of fused-ring (bicyclic) bond motifs is 18. The van der Waals surface area contributed by atoms with Crippen LogP contribution in [0.5, 0.6) is 0 Å². The first-order chi connectivity index (χ1) is 56.5. The summed E-state index contributed by atoms with van der Waals surface area (Å²) in [6, 6.07) is 125. The maximum Gasteiger partial charge on any atom is 0.145 e. The van der Waals surface area contributed by atoms with Gasteiger partial charge in [-0.05, 0) is 225 Å². The van der Waals surface area contributed by atoms with Crippen LogP contribution in [0.4, 0.5) is 0 Å². The number of hydrogen-bond donors (Lipinski definition) is 0. The molecule has 0 N–H and O–H groups in total. The monoisotopic (exact) mass is 1470 g/mol. The molecule has 0 amide bonds. The molecule has 16 aromatic carbocycles. The highest BCUT2D eigenvalue weighted by Crippen LogP contribution is 2.56. The van der Waals surface area contributed by atoms with E-state index in [1.165, 1.54) is 165 Å². The van der Waals surface area contributed by atoms with Crippen LogP contribution in [0.25, 0.3) is 204 Å². The molecule has 0 aliphatic heterocycles. The number of pyridine rings is 3. The summed E-state index contributed by atoms with van der Waals surface area (Å²) in [7, 11) is 0. The molecule has 0 saturated heterocycles. The predicted molar refractivity (Wildman–Crippen MR) is 480 cm³/mol. The zero-order valence-corrected chi connectivity index (χ0v) is 64.0. The van der Waals surface area contributed by atoms with Gasteiger partial charge in [-0.15, -0.1) is 0 Å². The van der Waals surface area contributed by atoms with Crippen molar-refractivity contribution in [3.63, 3.8) is 0 Å². The Balaban J connectivity index is 0.000000136. The predicted octanol–water partition coefficient (Wildman–Crippen LogP) is 28.3. The Hall–Kier alpha value is -14.6. The van der Waals surface area contributed by atoms with E-state index in [0.717, 1.165) is 61.5 Å². The molecule has 0 atom stereocenters. The average Bonchev–Trinajstić information content (AvgIpc) is 1.66. The number of rotatable bonds is 8. The van der Waals surface area contributed by atoms with Gasteiger partial charge in [0.05, 0.1) is 17.1 Å². The Labute approximate surface area is 665 Å². The second kappa shape index (κ2) is 25.5. The molecule has 0 radical (unpaired) electrons. The minimum atomic E-state index is -0.135. The van der Waals surface area contributed by atoms with Crippen molar-refractivity contribution in [2.24, 2.45) is 0 Å². The van der Waals surface area contributed by atoms with Crippen molar-refractivity contribution in [3.05, 3.63) is 399 Å². The first-order valence-corrected chi connectivity index (χ1v) is 39.8. The molecule has 0 unspecified atom stereocenters. The van der Waals surface area contributed by atoms with E-state index in [1.807, 2.05) is 24.4 Å². The Kier molecular flexibility index (Phi) is 14.7. The molecule has 6 aromatic heterocycles. The van der Waals surface area contributed by atoms with Crippen LogP contribution in [0.2, 0.25) is 0 Å². The second-order valence-electron chi connectivity index (χ2n) is 32.3. The quantitative estimate of drug-likeness (QED) is 0.143. The van der Waals surface area contributed by atoms with E-state index >= 15 is 0 Å². The van der Waals surface area contributed by atoms with Gasteiger partial charge in [-0.25, -0.2) is 15.0 Å². The van der Waals surface area contributed by atoms with Crippen molar-refractivity contribution >= 4 is 92.3 Å². The summed E-state index contributed by atoms with van der Waals surface area (Å²) in [5, 5.41) is 17.2. The molecule has 0 spiro atoms. The zero-order valence-electron chi connectivity index (χ0n) is 64.0. The normalized spacial score (nSPS) is 13.2. The van der Waals surface area contributed by atoms with E-state index < -0.39 is 0 Å². The molecule has 6 nitrogen and oxygen atoms in total. The standard InChI is InChI=1S/C56H38N2.C53H36N4/c1-56(2)50-19-11-10-18-44(50)46-32-48-49(33-51(46)56)53(39-23-21-38(22-24-39)52-34-58-29-28-37-15-8-9-17-43(37)55(58)57-52)45-27-26-41(35-12-4-3-5-13-35)31-47(45)54(48)42-25-20-36-14-6-7-16-40(36)30-42;1-53(2)45-16-8-7-13-39(45)42-29-43-44(30-46(42)53)51(37-24-20-35(21-25-37)48-32-57-28-26-33-11-3-4-12-38(33)52(57)55-48)41-15-6-5-14-40(41)50(43)36-22-18-34(19-23-36)47-31-56-27-10-9-17-49(56)54-47/h3-34H,1-2H3;3-32H,1-2H3. The summed E-state index contributed by atoms with van der Waals surface area (Å²) in [6.45, 7) is 9.51. The number of benzene rings is 16. The van der Waals surface area contributed by atoms with Crippen LogP contribution < -0.4 is 0 Å². The fourth-order valence-corrected chi connectivity index (χ4v) is 19.4. The Morgan fingerprint density at radius 2 is 0.591 bits per heavy atom. The van der Waals surface area contributed by atoms with Crippen LogP contribution in [0.15, 0.2) is 377 Å². The first kappa shape index (κ1) is 66.2. The lowest BCUT2D eigenvalue weighted by atomic mass is 9.79. The van der Waals surface area contributed by atoms with Gasteiger partial charge in [-0.2, -0.15) is 0 Å². The van der Waals surface area contributed by atoms with Gasteiger partial charge < -0.3 is 13.2 Å². The Morgan fingerprint density at radius 1 is 0.209 bits per heavy atom. The molecule has 0 fully saturated rings. The highest BCUT2D eigenvalue weighted by molar-refractivity contribution is 6.25. The molecule has 540 valence electrons. The first-order valence-electron chi connectivity index (χ1n) is 39.8. The van der Waals surface area contributed by atoms with Gasteiger partial charge in [0.25, 0.3) is 0 Å². The minimum Gasteiger partial charge on any atom is -0.306 e. The maximum atomic E-state index is 5.16. The highest BCUT2D eigenvalue weighted by atomic mass is 15.0. The lowest BCUT2D eigenvalue weighted by Crippen LogP contribution is -2.14. The summed E-state index contributed by atoms with van der Waals surface area (Å²) in [5.41, 5.74) is 31.9. The van der Waals surface area contributed by atoms with Gasteiger partial charge in [0.2, 0.25) is 0 Å². The van der Waals surface area contributed by atoms with E-state index in [-0.39, 0.29) is 10.8 Å². The van der Waals surface area contributed by atoms with Crippen molar-refractivity contribution in [3.8, 4) is 112 Å². The largest absolute Gasteiger partial charge is 0.306 e. The summed E-state index contributed by atoms with van der Waals surface area (Å²) in [4.78, 5) is 15.2. The van der Waals surface area contributed by atoms with Crippen molar-refractivity contribution in [1.29, 1.82) is 0 Å². The molecule has 22 aromatic rings. The molecule has 0 saturated carbocycles. The summed E-state index contributed by atoms with van der Waals surface area (Å²) >= 11 is 0. The summed E-state index contributed by atoms with van der Waals surface area (Å²) < 4.78 is 6.35. The molecule has 6 heteroatoms. The molecule has 0 bridgehead atoms. The van der Waals surface area contributed by atoms with E-state index in [2.05, 4.69) is 393 Å². The van der Waals surface area contributed by atoms with Crippen LogP contribution in [-0.4, -0.2) is 28.2 Å². The van der Waals surface area contributed by atoms with Gasteiger partial charge in [0.1, 0.15) is 16.9 Å². The minimum absolute atomic E-state index is 0.129. The third-order valence-electron chi connectivity index (χ3n) is 25.2. The smallest absolute Gasteiger partial charge is 0.145 e. The molecule has 24 rings (SSSR count). The Bertz CT molecular complexity index is 7770. The third kappa shape index (κ3) is 10.5. The SMILES string of the molecule is CC1(C)c2ccccc2-c2cc3c(-c4ccc(-c5cn6ccccc6n5)cc4)c4ccccc4c(-c4ccc(-c5cn6ccc7ccccc7c6n5)cc4)c3cc21.CC1(C)c2ccccc2-c2cc3c(-c4ccc5ccccc5c4)c4cc(-c5ccccc5)ccc4c(-c4ccc(-c5cn6ccc7ccccc7c6n5)cc4)c3cc21. The number of nitrogens with zero attached hydrogens (tertiary/aromatic N) is 6. The zero-order chi connectivity index (χ0) is 76.4. The van der Waals surface area contributed by atoms with E-state index in [0.29, 0.717) is 0 Å². The average molecular weight is 1470 g/mol. The lowest BCUT2D eigenvalue weighted by Gasteiger charge is -2.24.